The molecule has 4 heteroatoms. The number of nitriles is 1. The van der Waals surface area contributed by atoms with E-state index in [1.165, 1.54) is 5.56 Å². The van der Waals surface area contributed by atoms with E-state index in [4.69, 9.17) is 16.9 Å². The summed E-state index contributed by atoms with van der Waals surface area (Å²) in [6.45, 7) is 4.89. The monoisotopic (exact) mass is 287 g/mol. The molecule has 2 aromatic rings. The van der Waals surface area contributed by atoms with Crippen LogP contribution in [-0.2, 0) is 13.6 Å². The zero-order chi connectivity index (χ0) is 14.7. The molecule has 0 spiro atoms. The van der Waals surface area contributed by atoms with Crippen LogP contribution in [0.15, 0.2) is 30.3 Å². The van der Waals surface area contributed by atoms with E-state index in [9.17, 15) is 0 Å². The van der Waals surface area contributed by atoms with Crippen LogP contribution in [-0.4, -0.2) is 4.57 Å². The van der Waals surface area contributed by atoms with Gasteiger partial charge in [0.25, 0.3) is 0 Å². The molecule has 0 bridgehead atoms. The predicted molar refractivity (Wildman–Crippen MR) is 81.6 cm³/mol. The molecule has 0 saturated heterocycles. The van der Waals surface area contributed by atoms with Gasteiger partial charge in [0, 0.05) is 30.4 Å². The molecule has 0 fully saturated rings. The van der Waals surface area contributed by atoms with E-state index in [0.29, 0.717) is 5.69 Å². The predicted octanol–water partition coefficient (Wildman–Crippen LogP) is 3.71. The summed E-state index contributed by atoms with van der Waals surface area (Å²) in [7, 11) is 1.92. The summed E-state index contributed by atoms with van der Waals surface area (Å²) in [6, 6.07) is 12.2. The fourth-order valence-corrected chi connectivity index (χ4v) is 2.31. The lowest BCUT2D eigenvalue weighted by Gasteiger charge is -2.14. The van der Waals surface area contributed by atoms with E-state index in [1.54, 1.807) is 0 Å². The molecule has 0 unspecified atom stereocenters. The van der Waals surface area contributed by atoms with Gasteiger partial charge >= 0.3 is 0 Å². The Kier molecular flexibility index (Phi) is 4.49. The highest BCUT2D eigenvalue weighted by Gasteiger charge is 2.10. The first-order chi connectivity index (χ1) is 9.52. The summed E-state index contributed by atoms with van der Waals surface area (Å²) >= 11 is 5.89. The SMILES string of the molecule is Cc1c(CN[C@H](C)c2ccc(Cl)cc2)cc(C#N)n1C. The lowest BCUT2D eigenvalue weighted by molar-refractivity contribution is 0.572. The van der Waals surface area contributed by atoms with Gasteiger partial charge in [-0.2, -0.15) is 5.26 Å². The number of nitrogens with zero attached hydrogens (tertiary/aromatic N) is 2. The highest BCUT2D eigenvalue weighted by atomic mass is 35.5. The van der Waals surface area contributed by atoms with Crippen molar-refractivity contribution < 1.29 is 0 Å². The zero-order valence-corrected chi connectivity index (χ0v) is 12.7. The van der Waals surface area contributed by atoms with Crippen LogP contribution in [0, 0.1) is 18.3 Å². The zero-order valence-electron chi connectivity index (χ0n) is 11.9. The molecule has 3 nitrogen and oxygen atoms in total. The number of aromatic nitrogens is 1. The Bertz CT molecular complexity index is 635. The third-order valence-corrected chi connectivity index (χ3v) is 3.98. The van der Waals surface area contributed by atoms with Gasteiger partial charge in [-0.15, -0.1) is 0 Å². The lowest BCUT2D eigenvalue weighted by atomic mass is 10.1. The Labute approximate surface area is 124 Å². The molecule has 2 rings (SSSR count). The molecule has 0 aliphatic heterocycles. The fraction of sp³-hybridized carbons (Fsp3) is 0.312. The standard InChI is InChI=1S/C16H18ClN3/c1-11(13-4-6-15(17)7-5-13)19-10-14-8-16(9-18)20(3)12(14)2/h4-8,11,19H,10H2,1-3H3/t11-/m1/s1. The summed E-state index contributed by atoms with van der Waals surface area (Å²) in [5.74, 6) is 0. The van der Waals surface area contributed by atoms with Crippen molar-refractivity contribution in [3.05, 3.63) is 57.9 Å². The van der Waals surface area contributed by atoms with E-state index in [1.807, 2.05) is 48.9 Å². The average Bonchev–Trinajstić information content (AvgIpc) is 2.73. The number of nitrogens with one attached hydrogen (secondary N) is 1. The minimum Gasteiger partial charge on any atom is -0.340 e. The first kappa shape index (κ1) is 14.6. The Morgan fingerprint density at radius 2 is 2.00 bits per heavy atom. The van der Waals surface area contributed by atoms with Crippen LogP contribution in [0.1, 0.15) is 35.5 Å². The Balaban J connectivity index is 2.05. The van der Waals surface area contributed by atoms with E-state index >= 15 is 0 Å². The molecule has 0 saturated carbocycles. The van der Waals surface area contributed by atoms with Gasteiger partial charge in [-0.25, -0.2) is 0 Å². The van der Waals surface area contributed by atoms with Crippen molar-refractivity contribution in [2.45, 2.75) is 26.4 Å². The normalized spacial score (nSPS) is 12.2. The largest absolute Gasteiger partial charge is 0.340 e. The summed E-state index contributed by atoms with van der Waals surface area (Å²) < 4.78 is 1.92. The van der Waals surface area contributed by atoms with Crippen LogP contribution >= 0.6 is 11.6 Å². The van der Waals surface area contributed by atoms with Crippen molar-refractivity contribution in [3.8, 4) is 6.07 Å². The fourth-order valence-electron chi connectivity index (χ4n) is 2.18. The first-order valence-electron chi connectivity index (χ1n) is 6.57. The van der Waals surface area contributed by atoms with Crippen LogP contribution in [0.3, 0.4) is 0 Å². The summed E-state index contributed by atoms with van der Waals surface area (Å²) in [5.41, 5.74) is 4.17. The van der Waals surface area contributed by atoms with Crippen LogP contribution in [0.5, 0.6) is 0 Å². The second-order valence-electron chi connectivity index (χ2n) is 4.97. The average molecular weight is 288 g/mol. The molecular weight excluding hydrogens is 270 g/mol. The first-order valence-corrected chi connectivity index (χ1v) is 6.95. The van der Waals surface area contributed by atoms with Gasteiger partial charge in [-0.1, -0.05) is 23.7 Å². The molecule has 1 heterocycles. The molecule has 1 N–H and O–H groups in total. The number of rotatable bonds is 4. The highest BCUT2D eigenvalue weighted by molar-refractivity contribution is 6.30. The van der Waals surface area contributed by atoms with Gasteiger partial charge in [0.1, 0.15) is 11.8 Å². The van der Waals surface area contributed by atoms with Crippen molar-refractivity contribution in [2.24, 2.45) is 7.05 Å². The van der Waals surface area contributed by atoms with Crippen molar-refractivity contribution in [2.75, 3.05) is 0 Å². The van der Waals surface area contributed by atoms with E-state index in [-0.39, 0.29) is 6.04 Å². The Hall–Kier alpha value is -1.76. The van der Waals surface area contributed by atoms with Crippen LogP contribution in [0.25, 0.3) is 0 Å². The third-order valence-electron chi connectivity index (χ3n) is 3.72. The minimum atomic E-state index is 0.234. The van der Waals surface area contributed by atoms with E-state index in [0.717, 1.165) is 22.8 Å². The molecular formula is C16H18ClN3. The maximum Gasteiger partial charge on any atom is 0.120 e. The topological polar surface area (TPSA) is 40.8 Å². The van der Waals surface area contributed by atoms with Crippen molar-refractivity contribution in [1.29, 1.82) is 5.26 Å². The smallest absolute Gasteiger partial charge is 0.120 e. The second kappa shape index (κ2) is 6.13. The lowest BCUT2D eigenvalue weighted by Crippen LogP contribution is -2.18. The summed E-state index contributed by atoms with van der Waals surface area (Å²) in [6.07, 6.45) is 0. The molecule has 20 heavy (non-hydrogen) atoms. The maximum atomic E-state index is 9.03. The molecule has 1 aromatic heterocycles. The maximum absolute atomic E-state index is 9.03. The number of hydrogen-bond acceptors (Lipinski definition) is 2. The van der Waals surface area contributed by atoms with Crippen LogP contribution in [0.4, 0.5) is 0 Å². The molecule has 104 valence electrons. The molecule has 0 aliphatic rings. The van der Waals surface area contributed by atoms with Gasteiger partial charge < -0.3 is 9.88 Å². The third kappa shape index (κ3) is 3.04. The van der Waals surface area contributed by atoms with Crippen LogP contribution in [0.2, 0.25) is 5.02 Å². The van der Waals surface area contributed by atoms with Crippen molar-refractivity contribution in [3.63, 3.8) is 0 Å². The van der Waals surface area contributed by atoms with Gasteiger partial charge in [-0.3, -0.25) is 0 Å². The van der Waals surface area contributed by atoms with Gasteiger partial charge in [0.2, 0.25) is 0 Å². The second-order valence-corrected chi connectivity index (χ2v) is 5.40. The number of hydrogen-bond donors (Lipinski definition) is 1. The van der Waals surface area contributed by atoms with Crippen LogP contribution < -0.4 is 5.32 Å². The highest BCUT2D eigenvalue weighted by Crippen LogP contribution is 2.18. The molecule has 1 atom stereocenters. The molecule has 0 aliphatic carbocycles. The molecule has 0 amide bonds. The van der Waals surface area contributed by atoms with Gasteiger partial charge in [0.15, 0.2) is 0 Å². The van der Waals surface area contributed by atoms with Crippen molar-refractivity contribution in [1.82, 2.24) is 9.88 Å². The van der Waals surface area contributed by atoms with Crippen molar-refractivity contribution >= 4 is 11.6 Å². The number of benzene rings is 1. The minimum absolute atomic E-state index is 0.234. The summed E-state index contributed by atoms with van der Waals surface area (Å²) in [4.78, 5) is 0. The van der Waals surface area contributed by atoms with Gasteiger partial charge in [-0.05, 0) is 43.2 Å². The summed E-state index contributed by atoms with van der Waals surface area (Å²) in [5, 5.41) is 13.3. The van der Waals surface area contributed by atoms with E-state index < -0.39 is 0 Å². The van der Waals surface area contributed by atoms with Gasteiger partial charge in [0.05, 0.1) is 0 Å². The molecule has 0 radical (unpaired) electrons. The molecule has 1 aromatic carbocycles. The van der Waals surface area contributed by atoms with E-state index in [2.05, 4.69) is 18.3 Å². The Morgan fingerprint density at radius 3 is 2.55 bits per heavy atom. The number of halogens is 1. The quantitative estimate of drug-likeness (QED) is 0.931. The Morgan fingerprint density at radius 1 is 1.35 bits per heavy atom.